The van der Waals surface area contributed by atoms with Gasteiger partial charge >= 0.3 is 0 Å². The van der Waals surface area contributed by atoms with Crippen LogP contribution in [0.3, 0.4) is 0 Å². The number of fused-ring (bicyclic) bond motifs is 1. The van der Waals surface area contributed by atoms with Gasteiger partial charge in [0.1, 0.15) is 11.3 Å². The van der Waals surface area contributed by atoms with Crippen LogP contribution in [0.4, 0.5) is 0 Å². The molecule has 142 valence electrons. The first-order valence-corrected chi connectivity index (χ1v) is 9.13. The van der Waals surface area contributed by atoms with E-state index in [-0.39, 0.29) is 12.3 Å². The van der Waals surface area contributed by atoms with E-state index >= 15 is 0 Å². The molecule has 2 aromatic carbocycles. The van der Waals surface area contributed by atoms with Crippen LogP contribution in [-0.2, 0) is 17.6 Å². The molecule has 0 saturated carbocycles. The van der Waals surface area contributed by atoms with Crippen molar-refractivity contribution in [2.45, 2.75) is 12.8 Å². The zero-order chi connectivity index (χ0) is 19.3. The standard InChI is InChI=1S/C22H21N3O3/c1-27-19-7-8-20-17(15-28-21(20)14-19)13-22(26)23-11-9-16-3-5-18(6-4-16)25-12-2-10-24-25/h2-8,10,12,14-15H,9,11,13H2,1H3,(H,23,26). The number of hydrogen-bond donors (Lipinski definition) is 1. The Morgan fingerprint density at radius 2 is 2.07 bits per heavy atom. The number of aromatic nitrogens is 2. The highest BCUT2D eigenvalue weighted by atomic mass is 16.5. The zero-order valence-electron chi connectivity index (χ0n) is 15.6. The summed E-state index contributed by atoms with van der Waals surface area (Å²) in [5, 5.41) is 8.12. The molecular formula is C22H21N3O3. The van der Waals surface area contributed by atoms with Crippen molar-refractivity contribution in [3.05, 3.63) is 78.3 Å². The second-order valence-corrected chi connectivity index (χ2v) is 6.52. The third-order valence-corrected chi connectivity index (χ3v) is 4.66. The van der Waals surface area contributed by atoms with Crippen LogP contribution in [0.2, 0.25) is 0 Å². The van der Waals surface area contributed by atoms with E-state index in [0.717, 1.165) is 40.0 Å². The van der Waals surface area contributed by atoms with Crippen molar-refractivity contribution in [3.8, 4) is 11.4 Å². The molecule has 0 radical (unpaired) electrons. The number of ether oxygens (including phenoxy) is 1. The lowest BCUT2D eigenvalue weighted by atomic mass is 10.1. The Morgan fingerprint density at radius 1 is 1.21 bits per heavy atom. The van der Waals surface area contributed by atoms with Gasteiger partial charge in [0.05, 0.1) is 25.5 Å². The van der Waals surface area contributed by atoms with Gasteiger partial charge in [0.15, 0.2) is 0 Å². The molecule has 2 aromatic heterocycles. The number of benzene rings is 2. The van der Waals surface area contributed by atoms with Crippen LogP contribution in [-0.4, -0.2) is 29.3 Å². The summed E-state index contributed by atoms with van der Waals surface area (Å²) < 4.78 is 12.5. The Kier molecular flexibility index (Phi) is 5.10. The fraction of sp³-hybridized carbons (Fsp3) is 0.182. The Balaban J connectivity index is 1.30. The molecule has 0 spiro atoms. The Hall–Kier alpha value is -3.54. The van der Waals surface area contributed by atoms with E-state index in [0.29, 0.717) is 6.54 Å². The summed E-state index contributed by atoms with van der Waals surface area (Å²) in [6.45, 7) is 0.587. The van der Waals surface area contributed by atoms with Crippen molar-refractivity contribution in [1.82, 2.24) is 15.1 Å². The maximum atomic E-state index is 12.3. The molecule has 0 aliphatic carbocycles. The van der Waals surface area contributed by atoms with Gasteiger partial charge in [-0.15, -0.1) is 0 Å². The maximum Gasteiger partial charge on any atom is 0.224 e. The summed E-state index contributed by atoms with van der Waals surface area (Å²) in [5.74, 6) is 0.711. The molecular weight excluding hydrogens is 354 g/mol. The first-order chi connectivity index (χ1) is 13.7. The molecule has 1 N–H and O–H groups in total. The van der Waals surface area contributed by atoms with Gasteiger partial charge in [0, 0.05) is 36.0 Å². The first kappa shape index (κ1) is 17.9. The molecule has 0 atom stereocenters. The summed E-state index contributed by atoms with van der Waals surface area (Å²) in [6.07, 6.45) is 6.36. The second-order valence-electron chi connectivity index (χ2n) is 6.52. The van der Waals surface area contributed by atoms with Crippen molar-refractivity contribution in [3.63, 3.8) is 0 Å². The van der Waals surface area contributed by atoms with Gasteiger partial charge in [-0.2, -0.15) is 5.10 Å². The fourth-order valence-corrected chi connectivity index (χ4v) is 3.15. The van der Waals surface area contributed by atoms with Crippen LogP contribution in [0, 0.1) is 0 Å². The van der Waals surface area contributed by atoms with Gasteiger partial charge < -0.3 is 14.5 Å². The number of amides is 1. The number of methoxy groups -OCH3 is 1. The van der Waals surface area contributed by atoms with Crippen LogP contribution in [0.25, 0.3) is 16.7 Å². The van der Waals surface area contributed by atoms with Gasteiger partial charge in [-0.3, -0.25) is 4.79 Å². The lowest BCUT2D eigenvalue weighted by molar-refractivity contribution is -0.120. The summed E-state index contributed by atoms with van der Waals surface area (Å²) in [6, 6.07) is 15.7. The third-order valence-electron chi connectivity index (χ3n) is 4.66. The van der Waals surface area contributed by atoms with E-state index in [9.17, 15) is 4.79 Å². The summed E-state index contributed by atoms with van der Waals surface area (Å²) in [4.78, 5) is 12.3. The molecule has 0 saturated heterocycles. The van der Waals surface area contributed by atoms with Crippen LogP contribution < -0.4 is 10.1 Å². The Labute approximate surface area is 162 Å². The van der Waals surface area contributed by atoms with Crippen molar-refractivity contribution < 1.29 is 13.9 Å². The van der Waals surface area contributed by atoms with E-state index in [4.69, 9.17) is 9.15 Å². The lowest BCUT2D eigenvalue weighted by Gasteiger charge is -2.06. The molecule has 4 aromatic rings. The minimum absolute atomic E-state index is 0.0216. The van der Waals surface area contributed by atoms with Crippen LogP contribution in [0.5, 0.6) is 5.75 Å². The lowest BCUT2D eigenvalue weighted by Crippen LogP contribution is -2.27. The predicted molar refractivity (Wildman–Crippen MR) is 107 cm³/mol. The second kappa shape index (κ2) is 8.00. The molecule has 1 amide bonds. The smallest absolute Gasteiger partial charge is 0.224 e. The molecule has 4 rings (SSSR count). The highest BCUT2D eigenvalue weighted by Gasteiger charge is 2.11. The van der Waals surface area contributed by atoms with E-state index in [1.807, 2.05) is 47.3 Å². The average Bonchev–Trinajstić information content (AvgIpc) is 3.39. The number of nitrogens with one attached hydrogen (secondary N) is 1. The number of nitrogens with zero attached hydrogens (tertiary/aromatic N) is 2. The number of carbonyl (C=O) groups excluding carboxylic acids is 1. The van der Waals surface area contributed by atoms with Crippen molar-refractivity contribution in [2.75, 3.05) is 13.7 Å². The predicted octanol–water partition coefficient (Wildman–Crippen LogP) is 3.53. The number of hydrogen-bond acceptors (Lipinski definition) is 4. The van der Waals surface area contributed by atoms with E-state index < -0.39 is 0 Å². The number of rotatable bonds is 7. The fourth-order valence-electron chi connectivity index (χ4n) is 3.15. The topological polar surface area (TPSA) is 69.3 Å². The molecule has 28 heavy (non-hydrogen) atoms. The monoisotopic (exact) mass is 375 g/mol. The highest BCUT2D eigenvalue weighted by molar-refractivity contribution is 5.88. The number of furan rings is 1. The molecule has 0 bridgehead atoms. The van der Waals surface area contributed by atoms with Crippen LogP contribution in [0.1, 0.15) is 11.1 Å². The molecule has 2 heterocycles. The van der Waals surface area contributed by atoms with E-state index in [1.54, 1.807) is 19.6 Å². The van der Waals surface area contributed by atoms with E-state index in [2.05, 4.69) is 22.5 Å². The molecule has 0 aliphatic rings. The van der Waals surface area contributed by atoms with Crippen molar-refractivity contribution >= 4 is 16.9 Å². The van der Waals surface area contributed by atoms with Gasteiger partial charge in [-0.25, -0.2) is 4.68 Å². The normalized spacial score (nSPS) is 10.9. The Bertz CT molecular complexity index is 1070. The summed E-state index contributed by atoms with van der Waals surface area (Å²) in [7, 11) is 1.61. The molecule has 0 fully saturated rings. The summed E-state index contributed by atoms with van der Waals surface area (Å²) >= 11 is 0. The SMILES string of the molecule is COc1ccc2c(CC(=O)NCCc3ccc(-n4cccn4)cc3)coc2c1. The average molecular weight is 375 g/mol. The number of carbonyl (C=O) groups is 1. The minimum atomic E-state index is -0.0216. The third kappa shape index (κ3) is 3.91. The van der Waals surface area contributed by atoms with Crippen molar-refractivity contribution in [2.24, 2.45) is 0 Å². The van der Waals surface area contributed by atoms with Gasteiger partial charge in [-0.05, 0) is 42.3 Å². The van der Waals surface area contributed by atoms with E-state index in [1.165, 1.54) is 0 Å². The minimum Gasteiger partial charge on any atom is -0.497 e. The van der Waals surface area contributed by atoms with Crippen LogP contribution >= 0.6 is 0 Å². The van der Waals surface area contributed by atoms with Crippen LogP contribution in [0.15, 0.2) is 71.6 Å². The molecule has 0 unspecified atom stereocenters. The van der Waals surface area contributed by atoms with Crippen molar-refractivity contribution in [1.29, 1.82) is 0 Å². The molecule has 6 heteroatoms. The zero-order valence-corrected chi connectivity index (χ0v) is 15.6. The van der Waals surface area contributed by atoms with Gasteiger partial charge in [-0.1, -0.05) is 12.1 Å². The summed E-state index contributed by atoms with van der Waals surface area (Å²) in [5.41, 5.74) is 3.77. The van der Waals surface area contributed by atoms with Gasteiger partial charge in [0.2, 0.25) is 5.91 Å². The largest absolute Gasteiger partial charge is 0.497 e. The molecule has 0 aliphatic heterocycles. The van der Waals surface area contributed by atoms with Gasteiger partial charge in [0.25, 0.3) is 0 Å². The first-order valence-electron chi connectivity index (χ1n) is 9.13. The Morgan fingerprint density at radius 3 is 2.82 bits per heavy atom. The maximum absolute atomic E-state index is 12.3. The quantitative estimate of drug-likeness (QED) is 0.537. The molecule has 6 nitrogen and oxygen atoms in total. The highest BCUT2D eigenvalue weighted by Crippen LogP contribution is 2.25.